The van der Waals surface area contributed by atoms with Gasteiger partial charge in [0, 0.05) is 22.7 Å². The highest BCUT2D eigenvalue weighted by Gasteiger charge is 2.60. The van der Waals surface area contributed by atoms with Crippen LogP contribution in [0.3, 0.4) is 0 Å². The Morgan fingerprint density at radius 2 is 1.89 bits per heavy atom. The van der Waals surface area contributed by atoms with Gasteiger partial charge in [0.25, 0.3) is 0 Å². The van der Waals surface area contributed by atoms with Gasteiger partial charge in [-0.05, 0) is 49.4 Å². The van der Waals surface area contributed by atoms with Crippen molar-refractivity contribution in [2.24, 2.45) is 5.92 Å². The van der Waals surface area contributed by atoms with Gasteiger partial charge in [-0.3, -0.25) is 0 Å². The fourth-order valence-electron chi connectivity index (χ4n) is 3.89. The summed E-state index contributed by atoms with van der Waals surface area (Å²) in [5, 5.41) is 0.469. The highest BCUT2D eigenvalue weighted by molar-refractivity contribution is 7.89. The van der Waals surface area contributed by atoms with Gasteiger partial charge in [-0.2, -0.15) is 4.31 Å². The molecule has 1 saturated heterocycles. The lowest BCUT2D eigenvalue weighted by Crippen LogP contribution is -2.60. The average Bonchev–Trinajstić information content (AvgIpc) is 3.52. The number of morpholine rings is 1. The van der Waals surface area contributed by atoms with Crippen LogP contribution < -0.4 is 0 Å². The zero-order valence-corrected chi connectivity index (χ0v) is 17.0. The minimum absolute atomic E-state index is 0.174. The number of hydrogen-bond donors (Lipinski definition) is 0. The molecule has 0 bridgehead atoms. The van der Waals surface area contributed by atoms with Crippen LogP contribution in [-0.4, -0.2) is 49.0 Å². The molecule has 1 heterocycles. The van der Waals surface area contributed by atoms with Crippen LogP contribution in [0.2, 0.25) is 5.02 Å². The third-order valence-corrected chi connectivity index (χ3v) is 7.88. The Morgan fingerprint density at radius 3 is 2.44 bits per heavy atom. The highest BCUT2D eigenvalue weighted by atomic mass is 35.5. The standard InChI is InChI=1S/C18H21Cl2NO5S/c19-13-3-5-15(6-4-13)27(23,24)21-14(9-12-1-2-12)10-25-11-16(21)18(7-8-18)26-17(20)22/h3-6,12,14,16H,1-2,7-11H2/t14-,16-/m1/s1. The molecule has 1 aromatic rings. The zero-order valence-electron chi connectivity index (χ0n) is 14.6. The van der Waals surface area contributed by atoms with Crippen LogP contribution in [0.4, 0.5) is 4.79 Å². The molecule has 0 N–H and O–H groups in total. The number of ether oxygens (including phenoxy) is 2. The maximum Gasteiger partial charge on any atom is 0.404 e. The summed E-state index contributed by atoms with van der Waals surface area (Å²) in [6, 6.07) is 5.26. The molecule has 9 heteroatoms. The van der Waals surface area contributed by atoms with Crippen molar-refractivity contribution in [1.82, 2.24) is 4.31 Å². The zero-order chi connectivity index (χ0) is 19.2. The first-order valence-corrected chi connectivity index (χ1v) is 11.3. The number of sulfonamides is 1. The molecular formula is C18H21Cl2NO5S. The molecule has 0 spiro atoms. The second-order valence-electron chi connectivity index (χ2n) is 7.58. The molecule has 0 amide bonds. The van der Waals surface area contributed by atoms with Crippen LogP contribution in [-0.2, 0) is 19.5 Å². The Kier molecular flexibility index (Phi) is 5.18. The SMILES string of the molecule is O=C(Cl)OC1([C@H]2COC[C@@H](CC3CC3)N2S(=O)(=O)c2ccc(Cl)cc2)CC1. The normalized spacial score (nSPS) is 27.9. The summed E-state index contributed by atoms with van der Waals surface area (Å²) in [7, 11) is -3.81. The summed E-state index contributed by atoms with van der Waals surface area (Å²) < 4.78 is 39.7. The summed E-state index contributed by atoms with van der Waals surface area (Å²) in [5.41, 5.74) is -1.82. The van der Waals surface area contributed by atoms with Crippen molar-refractivity contribution in [1.29, 1.82) is 0 Å². The molecule has 1 aliphatic heterocycles. The van der Waals surface area contributed by atoms with Gasteiger partial charge in [0.15, 0.2) is 0 Å². The van der Waals surface area contributed by atoms with Crippen LogP contribution in [0.15, 0.2) is 29.2 Å². The van der Waals surface area contributed by atoms with Crippen LogP contribution in [0.5, 0.6) is 0 Å². The molecule has 0 aromatic heterocycles. The first kappa shape index (κ1) is 19.5. The Bertz CT molecular complexity index is 821. The predicted molar refractivity (Wildman–Crippen MR) is 101 cm³/mol. The quantitative estimate of drug-likeness (QED) is 0.637. The number of carbonyl (C=O) groups excluding carboxylic acids is 1. The Morgan fingerprint density at radius 1 is 1.22 bits per heavy atom. The minimum atomic E-state index is -3.81. The largest absolute Gasteiger partial charge is 0.445 e. The first-order chi connectivity index (χ1) is 12.8. The molecular weight excluding hydrogens is 413 g/mol. The van der Waals surface area contributed by atoms with Crippen molar-refractivity contribution in [3.05, 3.63) is 29.3 Å². The van der Waals surface area contributed by atoms with Crippen LogP contribution in [0.1, 0.15) is 32.1 Å². The van der Waals surface area contributed by atoms with Crippen LogP contribution >= 0.6 is 23.2 Å². The van der Waals surface area contributed by atoms with E-state index in [-0.39, 0.29) is 17.5 Å². The maximum atomic E-state index is 13.5. The maximum absolute atomic E-state index is 13.5. The number of carbonyl (C=O) groups is 1. The van der Waals surface area contributed by atoms with Gasteiger partial charge in [-0.25, -0.2) is 13.2 Å². The van der Waals surface area contributed by atoms with E-state index in [1.165, 1.54) is 16.4 Å². The Labute approximate surface area is 168 Å². The van der Waals surface area contributed by atoms with Gasteiger partial charge in [0.05, 0.1) is 24.2 Å². The fraction of sp³-hybridized carbons (Fsp3) is 0.611. The van der Waals surface area contributed by atoms with Gasteiger partial charge >= 0.3 is 5.43 Å². The van der Waals surface area contributed by atoms with Gasteiger partial charge in [-0.1, -0.05) is 24.4 Å². The number of halogens is 2. The molecule has 3 fully saturated rings. The van der Waals surface area contributed by atoms with E-state index in [9.17, 15) is 13.2 Å². The molecule has 148 valence electrons. The summed E-state index contributed by atoms with van der Waals surface area (Å²) >= 11 is 11.4. The Hall–Kier alpha value is -0.860. The smallest absolute Gasteiger partial charge is 0.404 e. The molecule has 4 rings (SSSR count). The summed E-state index contributed by atoms with van der Waals surface area (Å²) in [4.78, 5) is 11.6. The molecule has 0 radical (unpaired) electrons. The van der Waals surface area contributed by atoms with Crippen molar-refractivity contribution in [2.45, 2.75) is 54.7 Å². The molecule has 2 aliphatic carbocycles. The number of benzene rings is 1. The van der Waals surface area contributed by atoms with Crippen molar-refractivity contribution in [2.75, 3.05) is 13.2 Å². The predicted octanol–water partition coefficient (Wildman–Crippen LogP) is 3.81. The summed E-state index contributed by atoms with van der Waals surface area (Å²) in [6.45, 7) is 0.517. The van der Waals surface area contributed by atoms with Crippen molar-refractivity contribution < 1.29 is 22.7 Å². The molecule has 0 unspecified atom stereocenters. The van der Waals surface area contributed by atoms with E-state index >= 15 is 0 Å². The third-order valence-electron chi connectivity index (χ3n) is 5.58. The average molecular weight is 434 g/mol. The van der Waals surface area contributed by atoms with E-state index in [4.69, 9.17) is 32.7 Å². The monoisotopic (exact) mass is 433 g/mol. The van der Waals surface area contributed by atoms with E-state index in [0.29, 0.717) is 30.4 Å². The van der Waals surface area contributed by atoms with Gasteiger partial charge in [0.1, 0.15) is 5.60 Å². The lowest BCUT2D eigenvalue weighted by atomic mass is 10.0. The molecule has 3 aliphatic rings. The van der Waals surface area contributed by atoms with Crippen LogP contribution in [0, 0.1) is 5.92 Å². The summed E-state index contributed by atoms with van der Waals surface area (Å²) in [6.07, 6.45) is 4.11. The van der Waals surface area contributed by atoms with Gasteiger partial charge in [0.2, 0.25) is 10.0 Å². The van der Waals surface area contributed by atoms with Crippen molar-refractivity contribution in [3.8, 4) is 0 Å². The number of rotatable bonds is 6. The molecule has 1 aromatic carbocycles. The van der Waals surface area contributed by atoms with Crippen molar-refractivity contribution in [3.63, 3.8) is 0 Å². The number of nitrogens with zero attached hydrogens (tertiary/aromatic N) is 1. The van der Waals surface area contributed by atoms with E-state index < -0.39 is 27.1 Å². The van der Waals surface area contributed by atoms with Gasteiger partial charge in [-0.15, -0.1) is 0 Å². The second kappa shape index (κ2) is 7.19. The van der Waals surface area contributed by atoms with E-state index in [1.807, 2.05) is 0 Å². The molecule has 2 saturated carbocycles. The lowest BCUT2D eigenvalue weighted by Gasteiger charge is -2.44. The topological polar surface area (TPSA) is 72.9 Å². The highest BCUT2D eigenvalue weighted by Crippen LogP contribution is 2.49. The lowest BCUT2D eigenvalue weighted by molar-refractivity contribution is -0.0648. The van der Waals surface area contributed by atoms with E-state index in [1.54, 1.807) is 12.1 Å². The summed E-state index contributed by atoms with van der Waals surface area (Å²) in [5.74, 6) is 0.519. The third kappa shape index (κ3) is 3.98. The van der Waals surface area contributed by atoms with Crippen LogP contribution in [0.25, 0.3) is 0 Å². The van der Waals surface area contributed by atoms with E-state index in [0.717, 1.165) is 19.3 Å². The van der Waals surface area contributed by atoms with E-state index in [2.05, 4.69) is 0 Å². The van der Waals surface area contributed by atoms with Gasteiger partial charge < -0.3 is 9.47 Å². The first-order valence-electron chi connectivity index (χ1n) is 9.07. The van der Waals surface area contributed by atoms with Crippen molar-refractivity contribution >= 4 is 38.7 Å². The fourth-order valence-corrected chi connectivity index (χ4v) is 6.02. The molecule has 27 heavy (non-hydrogen) atoms. The molecule has 6 nitrogen and oxygen atoms in total. The second-order valence-corrected chi connectivity index (χ2v) is 10.2. The number of hydrogen-bond acceptors (Lipinski definition) is 5. The minimum Gasteiger partial charge on any atom is -0.445 e. The molecule has 2 atom stereocenters. The Balaban J connectivity index is 1.71.